The Morgan fingerprint density at radius 2 is 2.12 bits per heavy atom. The number of aliphatic hydroxyl groups is 1. The van der Waals surface area contributed by atoms with Gasteiger partial charge in [-0.3, -0.25) is 4.79 Å². The third kappa shape index (κ3) is 2.10. The average Bonchev–Trinajstić information content (AvgIpc) is 2.68. The van der Waals surface area contributed by atoms with Gasteiger partial charge in [-0.2, -0.15) is 0 Å². The molecular weight excluding hydrogens is 212 g/mol. The number of Topliss-reactive ketones (excluding diaryl/α,β-unsaturated/α-hetero) is 1. The molecule has 17 heavy (non-hydrogen) atoms. The summed E-state index contributed by atoms with van der Waals surface area (Å²) in [6, 6.07) is 9.56. The summed E-state index contributed by atoms with van der Waals surface area (Å²) in [6.45, 7) is 3.55. The largest absolute Gasteiger partial charge is 0.381 e. The van der Waals surface area contributed by atoms with Crippen molar-refractivity contribution in [2.24, 2.45) is 0 Å². The second kappa shape index (κ2) is 4.70. The molecule has 1 N–H and O–H groups in total. The molecule has 0 aromatic heterocycles. The summed E-state index contributed by atoms with van der Waals surface area (Å²) >= 11 is 0. The van der Waals surface area contributed by atoms with Crippen LogP contribution in [0.2, 0.25) is 0 Å². The van der Waals surface area contributed by atoms with Gasteiger partial charge in [0.2, 0.25) is 0 Å². The fourth-order valence-electron chi connectivity index (χ4n) is 2.49. The van der Waals surface area contributed by atoms with Gasteiger partial charge in [0.25, 0.3) is 0 Å². The highest BCUT2D eigenvalue weighted by Gasteiger charge is 2.46. The van der Waals surface area contributed by atoms with E-state index < -0.39 is 5.60 Å². The van der Waals surface area contributed by atoms with Gasteiger partial charge < -0.3 is 5.11 Å². The smallest absolute Gasteiger partial charge is 0.165 e. The molecule has 0 saturated heterocycles. The minimum Gasteiger partial charge on any atom is -0.381 e. The van der Waals surface area contributed by atoms with Crippen LogP contribution in [-0.2, 0) is 4.79 Å². The second-order valence-electron chi connectivity index (χ2n) is 4.46. The first kappa shape index (κ1) is 11.8. The summed E-state index contributed by atoms with van der Waals surface area (Å²) in [6.07, 6.45) is 3.43. The SMILES string of the molecule is C=C=C[C@H](c1ccccc1)[C@]1(O)CCCC1=O. The highest BCUT2D eigenvalue weighted by atomic mass is 16.3. The van der Waals surface area contributed by atoms with E-state index in [1.807, 2.05) is 30.3 Å². The van der Waals surface area contributed by atoms with E-state index in [0.29, 0.717) is 12.8 Å². The molecule has 1 aromatic rings. The number of rotatable bonds is 3. The Morgan fingerprint density at radius 3 is 2.65 bits per heavy atom. The number of carbonyl (C=O) groups excluding carboxylic acids is 1. The van der Waals surface area contributed by atoms with E-state index in [2.05, 4.69) is 12.3 Å². The molecule has 1 fully saturated rings. The lowest BCUT2D eigenvalue weighted by Gasteiger charge is -2.28. The minimum atomic E-state index is -1.27. The van der Waals surface area contributed by atoms with Crippen LogP contribution in [0.25, 0.3) is 0 Å². The van der Waals surface area contributed by atoms with E-state index in [9.17, 15) is 9.90 Å². The maximum absolute atomic E-state index is 11.9. The molecule has 0 bridgehead atoms. The van der Waals surface area contributed by atoms with Crippen molar-refractivity contribution in [2.75, 3.05) is 0 Å². The van der Waals surface area contributed by atoms with Crippen LogP contribution in [0.1, 0.15) is 30.7 Å². The zero-order chi connectivity index (χ0) is 12.3. The van der Waals surface area contributed by atoms with Crippen molar-refractivity contribution in [3.05, 3.63) is 54.3 Å². The Bertz CT molecular complexity index is 457. The summed E-state index contributed by atoms with van der Waals surface area (Å²) in [7, 11) is 0. The second-order valence-corrected chi connectivity index (χ2v) is 4.46. The summed E-state index contributed by atoms with van der Waals surface area (Å²) in [4.78, 5) is 11.9. The third-order valence-electron chi connectivity index (χ3n) is 3.40. The number of hydrogen-bond donors (Lipinski definition) is 1. The van der Waals surface area contributed by atoms with Gasteiger partial charge in [-0.25, -0.2) is 0 Å². The maximum Gasteiger partial charge on any atom is 0.165 e. The Hall–Kier alpha value is -1.63. The van der Waals surface area contributed by atoms with Crippen LogP contribution < -0.4 is 0 Å². The molecule has 2 heteroatoms. The van der Waals surface area contributed by atoms with E-state index in [-0.39, 0.29) is 11.7 Å². The summed E-state index contributed by atoms with van der Waals surface area (Å²) < 4.78 is 0. The molecule has 0 heterocycles. The highest BCUT2D eigenvalue weighted by Crippen LogP contribution is 2.39. The monoisotopic (exact) mass is 228 g/mol. The number of carbonyl (C=O) groups is 1. The molecule has 2 atom stereocenters. The molecule has 0 spiro atoms. The van der Waals surface area contributed by atoms with Crippen molar-refractivity contribution in [1.82, 2.24) is 0 Å². The quantitative estimate of drug-likeness (QED) is 0.807. The Morgan fingerprint density at radius 1 is 1.41 bits per heavy atom. The number of ketones is 1. The Labute approximate surface area is 101 Å². The number of benzene rings is 1. The van der Waals surface area contributed by atoms with E-state index >= 15 is 0 Å². The normalized spacial score (nSPS) is 25.4. The lowest BCUT2D eigenvalue weighted by atomic mass is 9.80. The van der Waals surface area contributed by atoms with Crippen LogP contribution >= 0.6 is 0 Å². The molecule has 1 aliphatic carbocycles. The molecule has 0 amide bonds. The first-order valence-corrected chi connectivity index (χ1v) is 5.85. The van der Waals surface area contributed by atoms with Gasteiger partial charge >= 0.3 is 0 Å². The van der Waals surface area contributed by atoms with Crippen LogP contribution in [0.3, 0.4) is 0 Å². The van der Waals surface area contributed by atoms with Crippen LogP contribution in [0.4, 0.5) is 0 Å². The predicted molar refractivity (Wildman–Crippen MR) is 66.7 cm³/mol. The van der Waals surface area contributed by atoms with Crippen molar-refractivity contribution in [3.63, 3.8) is 0 Å². The molecule has 0 radical (unpaired) electrons. The van der Waals surface area contributed by atoms with Gasteiger partial charge in [0, 0.05) is 12.3 Å². The van der Waals surface area contributed by atoms with Crippen LogP contribution in [-0.4, -0.2) is 16.5 Å². The summed E-state index contributed by atoms with van der Waals surface area (Å²) in [5.41, 5.74) is 2.36. The molecular formula is C15H16O2. The zero-order valence-corrected chi connectivity index (χ0v) is 9.73. The molecule has 1 aliphatic rings. The Balaban J connectivity index is 2.43. The van der Waals surface area contributed by atoms with Crippen LogP contribution in [0.5, 0.6) is 0 Å². The maximum atomic E-state index is 11.9. The number of hydrogen-bond acceptors (Lipinski definition) is 2. The lowest BCUT2D eigenvalue weighted by molar-refractivity contribution is -0.134. The first-order chi connectivity index (χ1) is 8.18. The first-order valence-electron chi connectivity index (χ1n) is 5.85. The van der Waals surface area contributed by atoms with Crippen molar-refractivity contribution < 1.29 is 9.90 Å². The lowest BCUT2D eigenvalue weighted by Crippen LogP contribution is -2.39. The molecule has 0 unspecified atom stereocenters. The van der Waals surface area contributed by atoms with E-state index in [1.165, 1.54) is 0 Å². The molecule has 1 aromatic carbocycles. The molecule has 88 valence electrons. The van der Waals surface area contributed by atoms with E-state index in [0.717, 1.165) is 12.0 Å². The third-order valence-corrected chi connectivity index (χ3v) is 3.40. The Kier molecular flexibility index (Phi) is 3.28. The van der Waals surface area contributed by atoms with Crippen molar-refractivity contribution in [1.29, 1.82) is 0 Å². The highest BCUT2D eigenvalue weighted by molar-refractivity contribution is 5.90. The van der Waals surface area contributed by atoms with Crippen molar-refractivity contribution in [3.8, 4) is 0 Å². The van der Waals surface area contributed by atoms with Gasteiger partial charge in [-0.05, 0) is 24.5 Å². The fourth-order valence-corrected chi connectivity index (χ4v) is 2.49. The minimum absolute atomic E-state index is 0.0714. The van der Waals surface area contributed by atoms with Crippen LogP contribution in [0, 0.1) is 0 Å². The van der Waals surface area contributed by atoms with E-state index in [4.69, 9.17) is 0 Å². The van der Waals surface area contributed by atoms with E-state index in [1.54, 1.807) is 6.08 Å². The van der Waals surface area contributed by atoms with Gasteiger partial charge in [0.15, 0.2) is 5.78 Å². The molecule has 2 nitrogen and oxygen atoms in total. The average molecular weight is 228 g/mol. The topological polar surface area (TPSA) is 37.3 Å². The van der Waals surface area contributed by atoms with Crippen molar-refractivity contribution in [2.45, 2.75) is 30.8 Å². The van der Waals surface area contributed by atoms with Crippen LogP contribution in [0.15, 0.2) is 48.7 Å². The molecule has 0 aliphatic heterocycles. The summed E-state index contributed by atoms with van der Waals surface area (Å²) in [5, 5.41) is 10.6. The molecule has 2 rings (SSSR count). The zero-order valence-electron chi connectivity index (χ0n) is 9.73. The van der Waals surface area contributed by atoms with Gasteiger partial charge in [-0.1, -0.05) is 36.9 Å². The predicted octanol–water partition coefficient (Wildman–Crippen LogP) is 2.60. The summed E-state index contributed by atoms with van der Waals surface area (Å²) in [5.74, 6) is -0.408. The van der Waals surface area contributed by atoms with Gasteiger partial charge in [0.1, 0.15) is 5.60 Å². The standard InChI is InChI=1S/C15H16O2/c1-2-7-13(12-8-4-3-5-9-12)15(17)11-6-10-14(15)16/h3-5,7-9,13,17H,1,6,10-11H2/t13-,15-/m1/s1. The molecule has 1 saturated carbocycles. The van der Waals surface area contributed by atoms with Crippen molar-refractivity contribution >= 4 is 5.78 Å². The van der Waals surface area contributed by atoms with Gasteiger partial charge in [0.05, 0.1) is 0 Å². The fraction of sp³-hybridized carbons (Fsp3) is 0.333. The van der Waals surface area contributed by atoms with Gasteiger partial charge in [-0.15, -0.1) is 5.73 Å².